The fourth-order valence-corrected chi connectivity index (χ4v) is 3.15. The molecule has 1 fully saturated rings. The number of ether oxygens (including phenoxy) is 1. The summed E-state index contributed by atoms with van der Waals surface area (Å²) in [4.78, 5) is 0. The van der Waals surface area contributed by atoms with E-state index in [2.05, 4.69) is 46.9 Å². The summed E-state index contributed by atoms with van der Waals surface area (Å²) < 4.78 is 6.57. The van der Waals surface area contributed by atoms with E-state index in [1.807, 2.05) is 6.07 Å². The molecule has 76 valence electrons. The molecule has 2 heteroatoms. The minimum absolute atomic E-state index is 0.767. The van der Waals surface area contributed by atoms with Gasteiger partial charge in [0.05, 0.1) is 6.61 Å². The maximum Gasteiger partial charge on any atom is 0.0717 e. The standard InChI is InChI=1S/C12H15IO/c13-12-6-11(7-12)9-14-8-10-4-2-1-3-5-10/h1-5,11-12H,6-9H2. The highest BCUT2D eigenvalue weighted by molar-refractivity contribution is 14.1. The van der Waals surface area contributed by atoms with Crippen molar-refractivity contribution in [3.8, 4) is 0 Å². The lowest BCUT2D eigenvalue weighted by atomic mass is 9.86. The summed E-state index contributed by atoms with van der Waals surface area (Å²) in [6.07, 6.45) is 2.69. The number of alkyl halides is 1. The molecule has 0 heterocycles. The second kappa shape index (κ2) is 5.12. The Hall–Kier alpha value is -0.0900. The van der Waals surface area contributed by atoms with E-state index >= 15 is 0 Å². The van der Waals surface area contributed by atoms with Crippen LogP contribution in [0.1, 0.15) is 18.4 Å². The Labute approximate surface area is 99.0 Å². The molecule has 0 N–H and O–H groups in total. The van der Waals surface area contributed by atoms with Crippen LogP contribution >= 0.6 is 22.6 Å². The molecule has 0 aromatic heterocycles. The van der Waals surface area contributed by atoms with Crippen LogP contribution in [-0.4, -0.2) is 10.5 Å². The largest absolute Gasteiger partial charge is 0.376 e. The van der Waals surface area contributed by atoms with Gasteiger partial charge in [-0.1, -0.05) is 52.9 Å². The maximum atomic E-state index is 5.67. The van der Waals surface area contributed by atoms with Crippen molar-refractivity contribution in [3.05, 3.63) is 35.9 Å². The predicted molar refractivity (Wildman–Crippen MR) is 66.6 cm³/mol. The smallest absolute Gasteiger partial charge is 0.0717 e. The van der Waals surface area contributed by atoms with Crippen LogP contribution in [0.25, 0.3) is 0 Å². The van der Waals surface area contributed by atoms with E-state index in [9.17, 15) is 0 Å². The fourth-order valence-electron chi connectivity index (χ4n) is 1.71. The van der Waals surface area contributed by atoms with Gasteiger partial charge >= 0.3 is 0 Å². The van der Waals surface area contributed by atoms with E-state index < -0.39 is 0 Å². The molecule has 1 aliphatic carbocycles. The predicted octanol–water partition coefficient (Wildman–Crippen LogP) is 3.42. The summed E-state index contributed by atoms with van der Waals surface area (Å²) in [5, 5.41) is 0. The van der Waals surface area contributed by atoms with Crippen molar-refractivity contribution in [3.63, 3.8) is 0 Å². The molecular weight excluding hydrogens is 287 g/mol. The molecule has 1 nitrogen and oxygen atoms in total. The molecule has 14 heavy (non-hydrogen) atoms. The van der Waals surface area contributed by atoms with Crippen LogP contribution in [0.4, 0.5) is 0 Å². The van der Waals surface area contributed by atoms with Gasteiger partial charge in [0, 0.05) is 10.5 Å². The third-order valence-corrected chi connectivity index (χ3v) is 3.66. The second-order valence-electron chi connectivity index (χ2n) is 3.94. The van der Waals surface area contributed by atoms with E-state index in [0.717, 1.165) is 23.1 Å². The first-order valence-electron chi connectivity index (χ1n) is 5.10. The van der Waals surface area contributed by atoms with Gasteiger partial charge in [-0.3, -0.25) is 0 Å². The van der Waals surface area contributed by atoms with Crippen molar-refractivity contribution in [2.24, 2.45) is 5.92 Å². The molecule has 0 aliphatic heterocycles. The molecule has 1 aromatic rings. The topological polar surface area (TPSA) is 9.23 Å². The molecule has 0 amide bonds. The van der Waals surface area contributed by atoms with Gasteiger partial charge < -0.3 is 4.74 Å². The van der Waals surface area contributed by atoms with Gasteiger partial charge in [-0.2, -0.15) is 0 Å². The first-order chi connectivity index (χ1) is 6.84. The van der Waals surface area contributed by atoms with Gasteiger partial charge in [-0.05, 0) is 24.3 Å². The quantitative estimate of drug-likeness (QED) is 0.612. The normalized spacial score (nSPS) is 25.8. The van der Waals surface area contributed by atoms with Crippen LogP contribution in [-0.2, 0) is 11.3 Å². The van der Waals surface area contributed by atoms with Crippen molar-refractivity contribution in [1.29, 1.82) is 0 Å². The lowest BCUT2D eigenvalue weighted by molar-refractivity contribution is 0.0637. The zero-order chi connectivity index (χ0) is 9.80. The number of hydrogen-bond donors (Lipinski definition) is 0. The number of hydrogen-bond acceptors (Lipinski definition) is 1. The van der Waals surface area contributed by atoms with Crippen LogP contribution in [0.5, 0.6) is 0 Å². The highest BCUT2D eigenvalue weighted by Crippen LogP contribution is 2.33. The Morgan fingerprint density at radius 2 is 1.93 bits per heavy atom. The van der Waals surface area contributed by atoms with Gasteiger partial charge in [0.1, 0.15) is 0 Å². The van der Waals surface area contributed by atoms with E-state index in [-0.39, 0.29) is 0 Å². The molecule has 1 saturated carbocycles. The summed E-state index contributed by atoms with van der Waals surface area (Å²) in [5.74, 6) is 0.820. The Morgan fingerprint density at radius 1 is 1.21 bits per heavy atom. The first-order valence-corrected chi connectivity index (χ1v) is 6.35. The van der Waals surface area contributed by atoms with Gasteiger partial charge in [0.25, 0.3) is 0 Å². The summed E-state index contributed by atoms with van der Waals surface area (Å²) in [7, 11) is 0. The van der Waals surface area contributed by atoms with Crippen LogP contribution in [0, 0.1) is 5.92 Å². The molecule has 0 unspecified atom stereocenters. The van der Waals surface area contributed by atoms with Crippen LogP contribution in [0.3, 0.4) is 0 Å². The number of halogens is 1. The fraction of sp³-hybridized carbons (Fsp3) is 0.500. The second-order valence-corrected chi connectivity index (χ2v) is 5.70. The summed E-state index contributed by atoms with van der Waals surface area (Å²) in [6, 6.07) is 10.4. The molecule has 2 rings (SSSR count). The van der Waals surface area contributed by atoms with Crippen LogP contribution in [0.2, 0.25) is 0 Å². The van der Waals surface area contributed by atoms with Gasteiger partial charge in [-0.25, -0.2) is 0 Å². The first kappa shape index (κ1) is 10.4. The van der Waals surface area contributed by atoms with Crippen LogP contribution < -0.4 is 0 Å². The highest BCUT2D eigenvalue weighted by Gasteiger charge is 2.26. The van der Waals surface area contributed by atoms with E-state index in [4.69, 9.17) is 4.74 Å². The average Bonchev–Trinajstić information content (AvgIpc) is 2.17. The molecular formula is C12H15IO. The van der Waals surface area contributed by atoms with Crippen molar-refractivity contribution < 1.29 is 4.74 Å². The minimum atomic E-state index is 0.767. The van der Waals surface area contributed by atoms with Gasteiger partial charge in [-0.15, -0.1) is 0 Å². The van der Waals surface area contributed by atoms with Crippen molar-refractivity contribution in [2.75, 3.05) is 6.61 Å². The minimum Gasteiger partial charge on any atom is -0.376 e. The molecule has 0 atom stereocenters. The maximum absolute atomic E-state index is 5.67. The summed E-state index contributed by atoms with van der Waals surface area (Å²) in [6.45, 7) is 1.71. The molecule has 0 radical (unpaired) electrons. The Balaban J connectivity index is 1.64. The Bertz CT molecular complexity index is 267. The summed E-state index contributed by atoms with van der Waals surface area (Å²) in [5.41, 5.74) is 1.28. The summed E-state index contributed by atoms with van der Waals surface area (Å²) >= 11 is 2.52. The monoisotopic (exact) mass is 302 g/mol. The average molecular weight is 302 g/mol. The lowest BCUT2D eigenvalue weighted by Gasteiger charge is -2.30. The molecule has 1 aromatic carbocycles. The molecule has 0 bridgehead atoms. The van der Waals surface area contributed by atoms with E-state index in [0.29, 0.717) is 0 Å². The third kappa shape index (κ3) is 2.95. The lowest BCUT2D eigenvalue weighted by Crippen LogP contribution is -2.27. The van der Waals surface area contributed by atoms with Gasteiger partial charge in [0.2, 0.25) is 0 Å². The molecule has 0 spiro atoms. The highest BCUT2D eigenvalue weighted by atomic mass is 127. The number of benzene rings is 1. The molecule has 1 aliphatic rings. The number of rotatable bonds is 4. The van der Waals surface area contributed by atoms with Crippen molar-refractivity contribution in [2.45, 2.75) is 23.4 Å². The third-order valence-electron chi connectivity index (χ3n) is 2.64. The van der Waals surface area contributed by atoms with E-state index in [1.54, 1.807) is 0 Å². The zero-order valence-corrected chi connectivity index (χ0v) is 10.3. The molecule has 0 saturated heterocycles. The van der Waals surface area contributed by atoms with Crippen molar-refractivity contribution in [1.82, 2.24) is 0 Å². The SMILES string of the molecule is IC1CC(COCc2ccccc2)C1. The van der Waals surface area contributed by atoms with Crippen LogP contribution in [0.15, 0.2) is 30.3 Å². The Kier molecular flexibility index (Phi) is 3.81. The zero-order valence-electron chi connectivity index (χ0n) is 8.16. The van der Waals surface area contributed by atoms with E-state index in [1.165, 1.54) is 18.4 Å². The Morgan fingerprint density at radius 3 is 2.57 bits per heavy atom. The van der Waals surface area contributed by atoms with Gasteiger partial charge in [0.15, 0.2) is 0 Å². The van der Waals surface area contributed by atoms with Crippen molar-refractivity contribution >= 4 is 22.6 Å².